The Morgan fingerprint density at radius 3 is 2.75 bits per heavy atom. The second-order valence-electron chi connectivity index (χ2n) is 6.68. The van der Waals surface area contributed by atoms with Crippen LogP contribution in [0.2, 0.25) is 0 Å². The van der Waals surface area contributed by atoms with E-state index in [4.69, 9.17) is 4.74 Å². The van der Waals surface area contributed by atoms with Gasteiger partial charge < -0.3 is 15.4 Å². The van der Waals surface area contributed by atoms with Gasteiger partial charge in [0.15, 0.2) is 0 Å². The van der Waals surface area contributed by atoms with Crippen LogP contribution in [0.4, 0.5) is 5.69 Å². The number of nitrogens with one attached hydrogen (secondary N) is 3. The first-order valence-corrected chi connectivity index (χ1v) is 8.25. The number of halogens is 1. The van der Waals surface area contributed by atoms with E-state index in [9.17, 15) is 9.59 Å². The van der Waals surface area contributed by atoms with Gasteiger partial charge in [0.25, 0.3) is 0 Å². The van der Waals surface area contributed by atoms with Crippen LogP contribution in [0.3, 0.4) is 0 Å². The zero-order valence-electron chi connectivity index (χ0n) is 13.4. The molecule has 2 amide bonds. The van der Waals surface area contributed by atoms with Gasteiger partial charge in [-0.05, 0) is 38.4 Å². The van der Waals surface area contributed by atoms with Gasteiger partial charge in [-0.15, -0.1) is 12.4 Å². The molecule has 2 fully saturated rings. The first kappa shape index (κ1) is 17.0. The molecule has 4 rings (SSSR count). The maximum Gasteiger partial charge on any atom is 0.249 e. The Morgan fingerprint density at radius 2 is 2.00 bits per heavy atom. The van der Waals surface area contributed by atoms with E-state index in [1.165, 1.54) is 5.56 Å². The fraction of sp³-hybridized carbons (Fsp3) is 0.529. The molecule has 24 heavy (non-hydrogen) atoms. The fourth-order valence-corrected chi connectivity index (χ4v) is 3.81. The molecule has 3 N–H and O–H groups in total. The third kappa shape index (κ3) is 2.96. The number of anilines is 1. The number of carbonyl (C=O) groups is 2. The zero-order chi connectivity index (χ0) is 15.9. The van der Waals surface area contributed by atoms with Crippen molar-refractivity contribution in [2.75, 3.05) is 25.0 Å². The van der Waals surface area contributed by atoms with Crippen LogP contribution in [-0.4, -0.2) is 37.6 Å². The van der Waals surface area contributed by atoms with Crippen LogP contribution in [-0.2, 0) is 15.0 Å². The van der Waals surface area contributed by atoms with Crippen molar-refractivity contribution >= 4 is 29.9 Å². The van der Waals surface area contributed by atoms with Crippen molar-refractivity contribution < 1.29 is 14.3 Å². The topological polar surface area (TPSA) is 79.5 Å². The predicted molar refractivity (Wildman–Crippen MR) is 92.8 cm³/mol. The van der Waals surface area contributed by atoms with Crippen LogP contribution >= 0.6 is 12.4 Å². The summed E-state index contributed by atoms with van der Waals surface area (Å²) in [6, 6.07) is 5.76. The molecule has 3 aliphatic rings. The predicted octanol–water partition coefficient (Wildman–Crippen LogP) is 1.34. The summed E-state index contributed by atoms with van der Waals surface area (Å²) in [6.07, 6.45) is 3.10. The van der Waals surface area contributed by atoms with Crippen LogP contribution in [0.5, 0.6) is 5.75 Å². The van der Waals surface area contributed by atoms with Gasteiger partial charge in [-0.1, -0.05) is 6.07 Å². The number of fused-ring (bicyclic) bond motifs is 2. The molecule has 0 aromatic heterocycles. The van der Waals surface area contributed by atoms with Crippen LogP contribution in [0.1, 0.15) is 31.2 Å². The van der Waals surface area contributed by atoms with Gasteiger partial charge in [0.2, 0.25) is 11.8 Å². The Labute approximate surface area is 147 Å². The molecule has 1 spiro atoms. The van der Waals surface area contributed by atoms with Gasteiger partial charge in [0.1, 0.15) is 11.8 Å². The van der Waals surface area contributed by atoms with E-state index in [0.717, 1.165) is 44.0 Å². The Morgan fingerprint density at radius 1 is 1.21 bits per heavy atom. The number of benzene rings is 1. The quantitative estimate of drug-likeness (QED) is 0.701. The van der Waals surface area contributed by atoms with Crippen molar-refractivity contribution in [2.24, 2.45) is 0 Å². The first-order valence-electron chi connectivity index (χ1n) is 8.25. The number of hydrogen-bond acceptors (Lipinski definition) is 5. The summed E-state index contributed by atoms with van der Waals surface area (Å²) in [6.45, 7) is 2.80. The summed E-state index contributed by atoms with van der Waals surface area (Å²) in [5.41, 5.74) is 2.30. The first-order chi connectivity index (χ1) is 11.2. The van der Waals surface area contributed by atoms with Crippen LogP contribution in [0.15, 0.2) is 18.2 Å². The van der Waals surface area contributed by atoms with E-state index in [1.54, 1.807) is 0 Å². The second-order valence-corrected chi connectivity index (χ2v) is 6.68. The lowest BCUT2D eigenvalue weighted by Gasteiger charge is -2.32. The molecule has 6 nitrogen and oxygen atoms in total. The molecule has 0 aliphatic carbocycles. The number of carbonyl (C=O) groups excluding carboxylic acids is 2. The van der Waals surface area contributed by atoms with E-state index >= 15 is 0 Å². The Hall–Kier alpha value is -1.79. The molecule has 1 aromatic carbocycles. The van der Waals surface area contributed by atoms with E-state index in [1.807, 2.05) is 12.1 Å². The molecule has 7 heteroatoms. The highest BCUT2D eigenvalue weighted by atomic mass is 35.5. The Balaban J connectivity index is 0.00000169. The molecule has 2 saturated heterocycles. The molecule has 1 atom stereocenters. The fourth-order valence-electron chi connectivity index (χ4n) is 3.81. The summed E-state index contributed by atoms with van der Waals surface area (Å²) < 4.78 is 5.94. The largest absolute Gasteiger partial charge is 0.492 e. The van der Waals surface area contributed by atoms with E-state index in [2.05, 4.69) is 22.0 Å². The highest BCUT2D eigenvalue weighted by molar-refractivity contribution is 6.01. The summed E-state index contributed by atoms with van der Waals surface area (Å²) in [5.74, 6) is 0.472. The molecule has 0 radical (unpaired) electrons. The summed E-state index contributed by atoms with van der Waals surface area (Å²) in [7, 11) is 0. The lowest BCUT2D eigenvalue weighted by atomic mass is 9.75. The summed E-state index contributed by atoms with van der Waals surface area (Å²) in [4.78, 5) is 23.1. The van der Waals surface area contributed by atoms with Crippen LogP contribution < -0.4 is 20.7 Å². The molecule has 0 unspecified atom stereocenters. The Bertz CT molecular complexity index is 658. The van der Waals surface area contributed by atoms with Crippen molar-refractivity contribution in [1.29, 1.82) is 0 Å². The van der Waals surface area contributed by atoms with E-state index in [0.29, 0.717) is 12.8 Å². The SMILES string of the molecule is Cl.O=C1CC[C@@H](Nc2ccc3c(c2)OCC32CCNCC2)C(=O)N1. The summed E-state index contributed by atoms with van der Waals surface area (Å²) >= 11 is 0. The molecule has 1 aromatic rings. The second kappa shape index (κ2) is 6.61. The van der Waals surface area contributed by atoms with Gasteiger partial charge in [-0.25, -0.2) is 0 Å². The Kier molecular flexibility index (Phi) is 4.69. The number of imide groups is 1. The number of amides is 2. The minimum absolute atomic E-state index is 0. The molecular weight excluding hydrogens is 330 g/mol. The lowest BCUT2D eigenvalue weighted by Crippen LogP contribution is -2.47. The normalized spacial score (nSPS) is 24.6. The van der Waals surface area contributed by atoms with Crippen LogP contribution in [0.25, 0.3) is 0 Å². The third-order valence-corrected chi connectivity index (χ3v) is 5.20. The highest BCUT2D eigenvalue weighted by Crippen LogP contribution is 2.45. The molecule has 3 heterocycles. The lowest BCUT2D eigenvalue weighted by molar-refractivity contribution is -0.133. The number of ether oxygens (including phenoxy) is 1. The highest BCUT2D eigenvalue weighted by Gasteiger charge is 2.41. The molecule has 3 aliphatic heterocycles. The summed E-state index contributed by atoms with van der Waals surface area (Å²) in [5, 5.41) is 8.99. The van der Waals surface area contributed by atoms with Crippen molar-refractivity contribution in [2.45, 2.75) is 37.1 Å². The average molecular weight is 352 g/mol. The standard InChI is InChI=1S/C17H21N3O3.ClH/c21-15-4-3-13(16(22)20-15)19-11-1-2-12-14(9-11)23-10-17(12)5-7-18-8-6-17;/h1-2,9,13,18-19H,3-8,10H2,(H,20,21,22);1H/t13-;/m1./s1. The molecule has 0 saturated carbocycles. The van der Waals surface area contributed by atoms with Crippen LogP contribution in [0, 0.1) is 0 Å². The molecule has 130 valence electrons. The monoisotopic (exact) mass is 351 g/mol. The molecular formula is C17H22ClN3O3. The van der Waals surface area contributed by atoms with E-state index < -0.39 is 0 Å². The van der Waals surface area contributed by atoms with Gasteiger partial charge in [0, 0.05) is 29.2 Å². The van der Waals surface area contributed by atoms with Gasteiger partial charge in [-0.2, -0.15) is 0 Å². The zero-order valence-corrected chi connectivity index (χ0v) is 14.2. The van der Waals surface area contributed by atoms with Crippen molar-refractivity contribution in [1.82, 2.24) is 10.6 Å². The van der Waals surface area contributed by atoms with E-state index in [-0.39, 0.29) is 35.7 Å². The average Bonchev–Trinajstić information content (AvgIpc) is 2.89. The number of rotatable bonds is 2. The van der Waals surface area contributed by atoms with Crippen molar-refractivity contribution in [3.63, 3.8) is 0 Å². The maximum absolute atomic E-state index is 11.9. The van der Waals surface area contributed by atoms with Crippen molar-refractivity contribution in [3.8, 4) is 5.75 Å². The van der Waals surface area contributed by atoms with Gasteiger partial charge in [-0.3, -0.25) is 14.9 Å². The minimum Gasteiger partial charge on any atom is -0.492 e. The smallest absolute Gasteiger partial charge is 0.249 e. The van der Waals surface area contributed by atoms with Gasteiger partial charge >= 0.3 is 0 Å². The number of hydrogen-bond donors (Lipinski definition) is 3. The maximum atomic E-state index is 11.9. The van der Waals surface area contributed by atoms with Gasteiger partial charge in [0.05, 0.1) is 6.61 Å². The number of piperidine rings is 2. The third-order valence-electron chi connectivity index (χ3n) is 5.20. The van der Waals surface area contributed by atoms with Crippen molar-refractivity contribution in [3.05, 3.63) is 23.8 Å². The molecule has 0 bridgehead atoms. The minimum atomic E-state index is -0.361.